The Bertz CT molecular complexity index is 1080. The van der Waals surface area contributed by atoms with E-state index >= 15 is 0 Å². The van der Waals surface area contributed by atoms with Crippen LogP contribution >= 0.6 is 0 Å². The maximum Gasteiger partial charge on any atom is 0.169 e. The van der Waals surface area contributed by atoms with Crippen LogP contribution in [-0.2, 0) is 9.59 Å². The maximum absolute atomic E-state index is 13.0. The summed E-state index contributed by atoms with van der Waals surface area (Å²) in [6.45, 7) is 5.08. The topological polar surface area (TPSA) is 83.8 Å². The maximum atomic E-state index is 13.0. The minimum atomic E-state index is -0.401. The number of halogens is 1. The first kappa shape index (κ1) is 24.2. The van der Waals surface area contributed by atoms with E-state index in [1.54, 1.807) is 45.0 Å². The predicted molar refractivity (Wildman–Crippen MR) is 124 cm³/mol. The number of carbonyl (C=O) groups is 2. The number of allylic oxidation sites excluding steroid dienone is 3. The molecule has 2 atom stereocenters. The first-order valence-corrected chi connectivity index (χ1v) is 11.3. The van der Waals surface area contributed by atoms with Gasteiger partial charge in [0.15, 0.2) is 11.6 Å². The van der Waals surface area contributed by atoms with E-state index in [1.165, 1.54) is 12.1 Å². The first-order chi connectivity index (χ1) is 15.8. The van der Waals surface area contributed by atoms with E-state index in [2.05, 4.69) is 0 Å². The summed E-state index contributed by atoms with van der Waals surface area (Å²) < 4.78 is 18.8. The lowest BCUT2D eigenvalue weighted by molar-refractivity contribution is -0.115. The second-order valence-electron chi connectivity index (χ2n) is 8.07. The van der Waals surface area contributed by atoms with Gasteiger partial charge < -0.3 is 14.9 Å². The molecule has 1 aliphatic carbocycles. The number of ketones is 2. The number of rotatable bonds is 10. The van der Waals surface area contributed by atoms with Gasteiger partial charge in [-0.1, -0.05) is 32.9 Å². The summed E-state index contributed by atoms with van der Waals surface area (Å²) in [5.74, 6) is -0.740. The van der Waals surface area contributed by atoms with Gasteiger partial charge in [0.2, 0.25) is 0 Å². The second kappa shape index (κ2) is 10.5. The Morgan fingerprint density at radius 3 is 1.94 bits per heavy atom. The van der Waals surface area contributed by atoms with Crippen molar-refractivity contribution in [2.24, 2.45) is 5.92 Å². The molecule has 1 aliphatic rings. The number of benzene rings is 2. The molecule has 33 heavy (non-hydrogen) atoms. The van der Waals surface area contributed by atoms with Crippen molar-refractivity contribution in [1.82, 2.24) is 0 Å². The monoisotopic (exact) mass is 452 g/mol. The van der Waals surface area contributed by atoms with Gasteiger partial charge in [0.1, 0.15) is 28.8 Å². The Balaban J connectivity index is 1.82. The zero-order chi connectivity index (χ0) is 24.1. The molecule has 0 saturated heterocycles. The predicted octanol–water partition coefficient (Wildman–Crippen LogP) is 6.71. The summed E-state index contributed by atoms with van der Waals surface area (Å²) in [4.78, 5) is 24.8. The number of aliphatic hydroxyl groups is 2. The van der Waals surface area contributed by atoms with E-state index in [1.807, 2.05) is 12.1 Å². The van der Waals surface area contributed by atoms with E-state index in [4.69, 9.17) is 4.74 Å². The second-order valence-corrected chi connectivity index (χ2v) is 8.07. The Labute approximate surface area is 193 Å². The van der Waals surface area contributed by atoms with Crippen molar-refractivity contribution in [3.8, 4) is 11.5 Å². The van der Waals surface area contributed by atoms with Crippen LogP contribution in [0, 0.1) is 11.7 Å². The Morgan fingerprint density at radius 2 is 1.42 bits per heavy atom. The van der Waals surface area contributed by atoms with Crippen molar-refractivity contribution in [3.63, 3.8) is 0 Å². The summed E-state index contributed by atoms with van der Waals surface area (Å²) >= 11 is 0. The summed E-state index contributed by atoms with van der Waals surface area (Å²) in [6.07, 6.45) is 1.21. The van der Waals surface area contributed by atoms with Gasteiger partial charge in [0.05, 0.1) is 5.57 Å². The minimum absolute atomic E-state index is 0.00993. The van der Waals surface area contributed by atoms with Crippen molar-refractivity contribution < 1.29 is 28.9 Å². The highest BCUT2D eigenvalue weighted by Gasteiger charge is 2.44. The molecule has 5 nitrogen and oxygen atoms in total. The van der Waals surface area contributed by atoms with Gasteiger partial charge >= 0.3 is 0 Å². The molecule has 0 radical (unpaired) electrons. The lowest BCUT2D eigenvalue weighted by Gasteiger charge is -2.13. The molecule has 2 aromatic rings. The van der Waals surface area contributed by atoms with E-state index < -0.39 is 11.5 Å². The van der Waals surface area contributed by atoms with Crippen LogP contribution in [0.2, 0.25) is 0 Å². The van der Waals surface area contributed by atoms with Crippen molar-refractivity contribution in [3.05, 3.63) is 82.6 Å². The third-order valence-corrected chi connectivity index (χ3v) is 5.89. The largest absolute Gasteiger partial charge is 0.511 e. The fourth-order valence-electron chi connectivity index (χ4n) is 3.91. The van der Waals surface area contributed by atoms with E-state index in [9.17, 15) is 24.2 Å². The highest BCUT2D eigenvalue weighted by atomic mass is 19.1. The number of hydrogen-bond acceptors (Lipinski definition) is 5. The molecule has 0 spiro atoms. The number of Topliss-reactive ketones (excluding diaryl/α,β-unsaturated/α-hetero) is 2. The van der Waals surface area contributed by atoms with Crippen LogP contribution in [0.25, 0.3) is 0 Å². The van der Waals surface area contributed by atoms with Crippen LogP contribution in [-0.4, -0.2) is 21.8 Å². The third kappa shape index (κ3) is 5.51. The Hall–Kier alpha value is -3.41. The summed E-state index contributed by atoms with van der Waals surface area (Å²) in [7, 11) is 0. The van der Waals surface area contributed by atoms with Crippen LogP contribution in [0.5, 0.6) is 11.5 Å². The van der Waals surface area contributed by atoms with Crippen LogP contribution in [0.3, 0.4) is 0 Å². The van der Waals surface area contributed by atoms with E-state index in [-0.39, 0.29) is 59.6 Å². The molecule has 1 saturated carbocycles. The summed E-state index contributed by atoms with van der Waals surface area (Å²) in [6, 6.07) is 13.1. The minimum Gasteiger partial charge on any atom is -0.511 e. The molecule has 0 amide bonds. The number of hydrogen-bond donors (Lipinski definition) is 2. The SMILES string of the molecule is CCC(=O)C(CC)=C(O)C(C(=O)CC)=C(O)C1CC1c1ccc(Oc2ccc(F)cc2)cc1. The van der Waals surface area contributed by atoms with Crippen molar-refractivity contribution >= 4 is 11.6 Å². The van der Waals surface area contributed by atoms with Gasteiger partial charge in [-0.3, -0.25) is 9.59 Å². The van der Waals surface area contributed by atoms with E-state index in [0.29, 0.717) is 17.9 Å². The fourth-order valence-corrected chi connectivity index (χ4v) is 3.91. The van der Waals surface area contributed by atoms with E-state index in [0.717, 1.165) is 5.56 Å². The number of carbonyl (C=O) groups excluding carboxylic acids is 2. The lowest BCUT2D eigenvalue weighted by atomic mass is 9.95. The normalized spacial score (nSPS) is 18.8. The van der Waals surface area contributed by atoms with Gasteiger partial charge in [0, 0.05) is 24.3 Å². The number of aliphatic hydroxyl groups excluding tert-OH is 2. The molecule has 3 rings (SSSR count). The van der Waals surface area contributed by atoms with Crippen LogP contribution in [0.1, 0.15) is 57.9 Å². The number of ether oxygens (including phenoxy) is 1. The van der Waals surface area contributed by atoms with Gasteiger partial charge in [-0.15, -0.1) is 0 Å². The summed E-state index contributed by atoms with van der Waals surface area (Å²) in [5, 5.41) is 21.7. The molecule has 0 bridgehead atoms. The molecule has 2 N–H and O–H groups in total. The molecule has 6 heteroatoms. The standard InChI is InChI=1S/C27H29FO5/c1-4-20(23(29)5-2)26(31)25(24(30)6-3)27(32)22-15-21(22)16-7-11-18(12-8-16)33-19-13-9-17(28)10-14-19/h7-14,21-22,31-32H,4-6,15H2,1-3H3. The fraction of sp³-hybridized carbons (Fsp3) is 0.333. The van der Waals surface area contributed by atoms with Crippen molar-refractivity contribution in [2.75, 3.05) is 0 Å². The quantitative estimate of drug-likeness (QED) is 0.238. The van der Waals surface area contributed by atoms with Gasteiger partial charge in [-0.2, -0.15) is 0 Å². The first-order valence-electron chi connectivity index (χ1n) is 11.3. The van der Waals surface area contributed by atoms with Gasteiger partial charge in [-0.05, 0) is 60.7 Å². The average Bonchev–Trinajstić information content (AvgIpc) is 3.62. The molecule has 2 aromatic carbocycles. The molecule has 0 aromatic heterocycles. The molecule has 1 fully saturated rings. The Morgan fingerprint density at radius 1 is 0.879 bits per heavy atom. The van der Waals surface area contributed by atoms with Crippen molar-refractivity contribution in [2.45, 2.75) is 52.4 Å². The van der Waals surface area contributed by atoms with Gasteiger partial charge in [0.25, 0.3) is 0 Å². The van der Waals surface area contributed by atoms with Crippen LogP contribution in [0.15, 0.2) is 71.2 Å². The van der Waals surface area contributed by atoms with Crippen LogP contribution in [0.4, 0.5) is 4.39 Å². The smallest absolute Gasteiger partial charge is 0.169 e. The third-order valence-electron chi connectivity index (χ3n) is 5.89. The zero-order valence-corrected chi connectivity index (χ0v) is 19.1. The van der Waals surface area contributed by atoms with Crippen molar-refractivity contribution in [1.29, 1.82) is 0 Å². The van der Waals surface area contributed by atoms with Gasteiger partial charge in [-0.25, -0.2) is 4.39 Å². The molecule has 0 aliphatic heterocycles. The lowest BCUT2D eigenvalue weighted by Crippen LogP contribution is -2.14. The summed E-state index contributed by atoms with van der Waals surface area (Å²) in [5.41, 5.74) is 0.991. The molecule has 2 unspecified atom stereocenters. The molecular formula is C27H29FO5. The van der Waals surface area contributed by atoms with Crippen LogP contribution < -0.4 is 4.74 Å². The highest BCUT2D eigenvalue weighted by Crippen LogP contribution is 2.52. The molecular weight excluding hydrogens is 423 g/mol. The zero-order valence-electron chi connectivity index (χ0n) is 19.1. The molecule has 174 valence electrons. The molecule has 0 heterocycles. The average molecular weight is 453 g/mol. The Kier molecular flexibility index (Phi) is 7.69. The highest BCUT2D eigenvalue weighted by molar-refractivity contribution is 6.03.